The van der Waals surface area contributed by atoms with Crippen molar-refractivity contribution in [3.8, 4) is 11.5 Å². The fourth-order valence-corrected chi connectivity index (χ4v) is 8.80. The SMILES string of the molecule is CC(C)(C)OC(=O)C1C[C@]2(c3ccccc3)N(Cc3ccccc3)[C@@H]1CC[C@@]21C[C@@H](c2c(OCc3ccccc3)cccc2OC(F)(F)F)CO1. The van der Waals surface area contributed by atoms with E-state index in [1.165, 1.54) is 12.1 Å². The first-order valence-electron chi connectivity index (χ1n) is 17.7. The summed E-state index contributed by atoms with van der Waals surface area (Å²) in [5, 5.41) is 0. The minimum atomic E-state index is -4.90. The molecule has 7 rings (SSSR count). The molecule has 4 aromatic carbocycles. The maximum Gasteiger partial charge on any atom is 0.573 e. The molecule has 3 saturated heterocycles. The standard InChI is InChI=1S/C42H44F3NO5/c1-39(2,3)51-38(47)33-25-41(32-18-11-6-12-19-32)40(23-22-34(33)46(41)26-29-14-7-4-8-15-29)24-31(28-49-40)37-35(48-27-30-16-9-5-10-17-30)20-13-21-36(37)50-42(43,44)45/h4-21,31,33-34H,22-28H2,1-3H3/t31-,33?,34-,40-,41-/m1/s1. The van der Waals surface area contributed by atoms with Crippen molar-refractivity contribution in [3.63, 3.8) is 0 Å². The molecule has 6 nitrogen and oxygen atoms in total. The zero-order chi connectivity index (χ0) is 35.9. The van der Waals surface area contributed by atoms with Gasteiger partial charge in [-0.15, -0.1) is 13.2 Å². The number of esters is 1. The fourth-order valence-electron chi connectivity index (χ4n) is 8.80. The second kappa shape index (κ2) is 13.7. The lowest BCUT2D eigenvalue weighted by atomic mass is 9.66. The highest BCUT2D eigenvalue weighted by Crippen LogP contribution is 2.64. The van der Waals surface area contributed by atoms with E-state index in [4.69, 9.17) is 14.2 Å². The Morgan fingerprint density at radius 2 is 1.45 bits per heavy atom. The summed E-state index contributed by atoms with van der Waals surface area (Å²) in [7, 11) is 0. The van der Waals surface area contributed by atoms with Gasteiger partial charge in [-0.25, -0.2) is 0 Å². The minimum absolute atomic E-state index is 0.126. The van der Waals surface area contributed by atoms with Gasteiger partial charge in [0.05, 0.1) is 23.7 Å². The third kappa shape index (κ3) is 6.98. The Labute approximate surface area is 297 Å². The van der Waals surface area contributed by atoms with E-state index in [2.05, 4.69) is 33.9 Å². The van der Waals surface area contributed by atoms with Gasteiger partial charge in [-0.05, 0) is 75.3 Å². The molecule has 0 aliphatic carbocycles. The van der Waals surface area contributed by atoms with Crippen molar-refractivity contribution >= 4 is 5.97 Å². The minimum Gasteiger partial charge on any atom is -0.488 e. The average Bonchev–Trinajstić information content (AvgIpc) is 3.62. The Morgan fingerprint density at radius 1 is 0.824 bits per heavy atom. The molecule has 3 aliphatic rings. The van der Waals surface area contributed by atoms with Gasteiger partial charge < -0.3 is 18.9 Å². The lowest BCUT2D eigenvalue weighted by Gasteiger charge is -2.56. The molecule has 5 atom stereocenters. The number of carbonyl (C=O) groups is 1. The number of halogens is 3. The molecule has 0 radical (unpaired) electrons. The van der Waals surface area contributed by atoms with E-state index in [1.54, 1.807) is 6.07 Å². The molecule has 0 saturated carbocycles. The summed E-state index contributed by atoms with van der Waals surface area (Å²) in [6.45, 7) is 6.55. The van der Waals surface area contributed by atoms with E-state index in [9.17, 15) is 18.0 Å². The highest BCUT2D eigenvalue weighted by molar-refractivity contribution is 5.75. The summed E-state index contributed by atoms with van der Waals surface area (Å²) in [6.07, 6.45) is -2.76. The Balaban J connectivity index is 1.33. The van der Waals surface area contributed by atoms with Crippen LogP contribution in [-0.2, 0) is 33.0 Å². The molecular weight excluding hydrogens is 655 g/mol. The molecule has 9 heteroatoms. The van der Waals surface area contributed by atoms with E-state index in [0.29, 0.717) is 43.5 Å². The van der Waals surface area contributed by atoms with Crippen LogP contribution in [-0.4, -0.2) is 41.1 Å². The summed E-state index contributed by atoms with van der Waals surface area (Å²) in [4.78, 5) is 16.5. The van der Waals surface area contributed by atoms with Crippen LogP contribution in [0.4, 0.5) is 13.2 Å². The van der Waals surface area contributed by atoms with Gasteiger partial charge in [0.25, 0.3) is 0 Å². The maximum atomic E-state index is 14.0. The molecule has 268 valence electrons. The van der Waals surface area contributed by atoms with Crippen LogP contribution in [0, 0.1) is 5.92 Å². The van der Waals surface area contributed by atoms with E-state index in [-0.39, 0.29) is 31.0 Å². The van der Waals surface area contributed by atoms with E-state index < -0.39 is 34.9 Å². The van der Waals surface area contributed by atoms with Crippen molar-refractivity contribution < 1.29 is 36.9 Å². The van der Waals surface area contributed by atoms with Crippen molar-refractivity contribution in [2.24, 2.45) is 5.92 Å². The van der Waals surface area contributed by atoms with Crippen LogP contribution in [0.1, 0.15) is 74.6 Å². The Bertz CT molecular complexity index is 1810. The van der Waals surface area contributed by atoms with Gasteiger partial charge in [0.15, 0.2) is 0 Å². The number of fused-ring (bicyclic) bond motifs is 3. The molecule has 3 aliphatic heterocycles. The van der Waals surface area contributed by atoms with Crippen LogP contribution in [0.2, 0.25) is 0 Å². The molecule has 1 unspecified atom stereocenters. The van der Waals surface area contributed by atoms with Crippen LogP contribution in [0.15, 0.2) is 109 Å². The van der Waals surface area contributed by atoms with Crippen LogP contribution in [0.25, 0.3) is 0 Å². The molecular formula is C42H44F3NO5. The van der Waals surface area contributed by atoms with Gasteiger partial charge in [0.2, 0.25) is 0 Å². The largest absolute Gasteiger partial charge is 0.573 e. The molecule has 4 aromatic rings. The molecule has 1 spiro atoms. The summed E-state index contributed by atoms with van der Waals surface area (Å²) in [5.41, 5.74) is 1.05. The van der Waals surface area contributed by atoms with Crippen molar-refractivity contribution in [1.29, 1.82) is 0 Å². The first-order valence-corrected chi connectivity index (χ1v) is 17.7. The van der Waals surface area contributed by atoms with E-state index >= 15 is 0 Å². The van der Waals surface area contributed by atoms with Crippen LogP contribution in [0.5, 0.6) is 11.5 Å². The average molecular weight is 700 g/mol. The lowest BCUT2D eigenvalue weighted by molar-refractivity contribution is -0.275. The van der Waals surface area contributed by atoms with Crippen molar-refractivity contribution in [2.45, 2.75) is 94.7 Å². The molecule has 2 bridgehead atoms. The summed E-state index contributed by atoms with van der Waals surface area (Å²) in [6, 6.07) is 34.3. The maximum absolute atomic E-state index is 14.0. The van der Waals surface area contributed by atoms with E-state index in [0.717, 1.165) is 16.7 Å². The van der Waals surface area contributed by atoms with Crippen molar-refractivity contribution in [3.05, 3.63) is 131 Å². The van der Waals surface area contributed by atoms with Gasteiger partial charge in [0, 0.05) is 24.1 Å². The van der Waals surface area contributed by atoms with Gasteiger partial charge in [-0.2, -0.15) is 0 Å². The number of nitrogens with zero attached hydrogens (tertiary/aromatic N) is 1. The first kappa shape index (κ1) is 35.1. The Kier molecular flexibility index (Phi) is 9.39. The zero-order valence-electron chi connectivity index (χ0n) is 29.2. The Hall–Kier alpha value is -4.34. The highest BCUT2D eigenvalue weighted by Gasteiger charge is 2.70. The number of hydrogen-bond acceptors (Lipinski definition) is 6. The fraction of sp³-hybridized carbons (Fsp3) is 0.405. The predicted octanol–water partition coefficient (Wildman–Crippen LogP) is 9.33. The molecule has 3 heterocycles. The second-order valence-corrected chi connectivity index (χ2v) is 15.0. The predicted molar refractivity (Wildman–Crippen MR) is 187 cm³/mol. The number of carbonyl (C=O) groups excluding carboxylic acids is 1. The lowest BCUT2D eigenvalue weighted by Crippen LogP contribution is -2.63. The number of piperidine rings is 1. The van der Waals surface area contributed by atoms with Crippen molar-refractivity contribution in [2.75, 3.05) is 6.61 Å². The molecule has 0 amide bonds. The van der Waals surface area contributed by atoms with Gasteiger partial charge >= 0.3 is 12.3 Å². The monoisotopic (exact) mass is 699 g/mol. The number of alkyl halides is 3. The summed E-state index contributed by atoms with van der Waals surface area (Å²) in [5.74, 6) is -1.12. The molecule has 51 heavy (non-hydrogen) atoms. The van der Waals surface area contributed by atoms with Gasteiger partial charge in [0.1, 0.15) is 23.7 Å². The molecule has 0 N–H and O–H groups in total. The highest BCUT2D eigenvalue weighted by atomic mass is 19.4. The van der Waals surface area contributed by atoms with Crippen LogP contribution >= 0.6 is 0 Å². The summed E-state index contributed by atoms with van der Waals surface area (Å²) >= 11 is 0. The van der Waals surface area contributed by atoms with Crippen LogP contribution in [0.3, 0.4) is 0 Å². The normalized spacial score (nSPS) is 26.3. The topological polar surface area (TPSA) is 57.2 Å². The van der Waals surface area contributed by atoms with Crippen molar-refractivity contribution in [1.82, 2.24) is 4.90 Å². The van der Waals surface area contributed by atoms with Gasteiger partial charge in [-0.1, -0.05) is 97.1 Å². The zero-order valence-corrected chi connectivity index (χ0v) is 29.2. The number of ether oxygens (including phenoxy) is 4. The number of benzene rings is 4. The van der Waals surface area contributed by atoms with Gasteiger partial charge in [-0.3, -0.25) is 9.69 Å². The number of rotatable bonds is 9. The molecule has 0 aromatic heterocycles. The molecule has 3 fully saturated rings. The smallest absolute Gasteiger partial charge is 0.488 e. The third-order valence-corrected chi connectivity index (χ3v) is 10.7. The van der Waals surface area contributed by atoms with E-state index in [1.807, 2.05) is 87.5 Å². The number of hydrogen-bond donors (Lipinski definition) is 0. The van der Waals surface area contributed by atoms with Crippen LogP contribution < -0.4 is 9.47 Å². The first-order chi connectivity index (χ1) is 24.4. The summed E-state index contributed by atoms with van der Waals surface area (Å²) < 4.78 is 65.7. The second-order valence-electron chi connectivity index (χ2n) is 15.0. The Morgan fingerprint density at radius 3 is 2.10 bits per heavy atom. The third-order valence-electron chi connectivity index (χ3n) is 10.7. The quantitative estimate of drug-likeness (QED) is 0.162.